The molecule has 0 radical (unpaired) electrons. The first-order chi connectivity index (χ1) is 8.67. The van der Waals surface area contributed by atoms with E-state index in [1.54, 1.807) is 20.8 Å². The molecule has 7 nitrogen and oxygen atoms in total. The number of ether oxygens (including phenoxy) is 1. The van der Waals surface area contributed by atoms with E-state index in [0.29, 0.717) is 0 Å². The van der Waals surface area contributed by atoms with Crippen molar-refractivity contribution in [2.45, 2.75) is 42.5 Å². The lowest BCUT2D eigenvalue weighted by atomic mass is 9.85. The van der Waals surface area contributed by atoms with Crippen LogP contribution in [0.4, 0.5) is 0 Å². The molecule has 2 saturated heterocycles. The van der Waals surface area contributed by atoms with E-state index in [9.17, 15) is 19.5 Å². The molecule has 0 spiro atoms. The molecule has 0 aromatic rings. The van der Waals surface area contributed by atoms with Crippen molar-refractivity contribution < 1.29 is 24.2 Å². The second-order valence-corrected chi connectivity index (χ2v) is 6.85. The van der Waals surface area contributed by atoms with Gasteiger partial charge in [-0.1, -0.05) is 0 Å². The summed E-state index contributed by atoms with van der Waals surface area (Å²) in [6.45, 7) is 5.17. The third-order valence-electron chi connectivity index (χ3n) is 3.43. The van der Waals surface area contributed by atoms with E-state index in [1.807, 2.05) is 0 Å². The topological polar surface area (TPSA) is 110 Å². The number of nitrogens with two attached hydrogens (primary N) is 1. The van der Waals surface area contributed by atoms with Crippen molar-refractivity contribution in [2.75, 3.05) is 6.61 Å². The molecule has 0 aromatic carbocycles. The standard InChI is InChI=1S/C11H16N2O5S/c1-4-18-9(17)11(12)7(16)13-5(6(14)15)10(2,3)19-8(11)13/h5,8H,4,12H2,1-3H3,(H,14,15)/t5-,8+,11?/m0/s1. The Hall–Kier alpha value is -1.28. The molecule has 2 aliphatic rings. The zero-order chi connectivity index (χ0) is 14.6. The molecule has 3 atom stereocenters. The summed E-state index contributed by atoms with van der Waals surface area (Å²) in [7, 11) is 0. The van der Waals surface area contributed by atoms with Gasteiger partial charge in [0.1, 0.15) is 11.4 Å². The van der Waals surface area contributed by atoms with E-state index >= 15 is 0 Å². The van der Waals surface area contributed by atoms with Crippen LogP contribution < -0.4 is 5.73 Å². The molecule has 1 unspecified atom stereocenters. The van der Waals surface area contributed by atoms with E-state index in [1.165, 1.54) is 16.7 Å². The fourth-order valence-electron chi connectivity index (χ4n) is 2.52. The molecular formula is C11H16N2O5S. The van der Waals surface area contributed by atoms with Crippen LogP contribution >= 0.6 is 11.8 Å². The number of carboxylic acid groups (broad SMARTS) is 1. The molecule has 2 fully saturated rings. The highest BCUT2D eigenvalue weighted by Gasteiger charge is 2.73. The Morgan fingerprint density at radius 1 is 1.53 bits per heavy atom. The van der Waals surface area contributed by atoms with Gasteiger partial charge in [0.05, 0.1) is 6.61 Å². The third-order valence-corrected chi connectivity index (χ3v) is 5.08. The van der Waals surface area contributed by atoms with Crippen LogP contribution in [0.5, 0.6) is 0 Å². The highest BCUT2D eigenvalue weighted by atomic mass is 32.2. The maximum absolute atomic E-state index is 12.1. The minimum atomic E-state index is -1.76. The maximum Gasteiger partial charge on any atom is 0.339 e. The number of hydrogen-bond donors (Lipinski definition) is 2. The van der Waals surface area contributed by atoms with Gasteiger partial charge in [-0.05, 0) is 20.8 Å². The number of carboxylic acids is 1. The predicted octanol–water partition coefficient (Wildman–Crippen LogP) is -0.606. The lowest BCUT2D eigenvalue weighted by molar-refractivity contribution is -0.177. The number of carbonyl (C=O) groups is 3. The monoisotopic (exact) mass is 288 g/mol. The van der Waals surface area contributed by atoms with Gasteiger partial charge in [-0.25, -0.2) is 9.59 Å². The van der Waals surface area contributed by atoms with Crippen LogP contribution in [0.2, 0.25) is 0 Å². The number of amides is 1. The first kappa shape index (κ1) is 14.1. The van der Waals surface area contributed by atoms with E-state index in [4.69, 9.17) is 10.5 Å². The number of β-lactam (4-membered cyclic amide) rings is 1. The summed E-state index contributed by atoms with van der Waals surface area (Å²) in [5, 5.41) is 8.55. The van der Waals surface area contributed by atoms with Crippen LogP contribution in [-0.2, 0) is 19.1 Å². The number of aliphatic carboxylic acids is 1. The van der Waals surface area contributed by atoms with Crippen molar-refractivity contribution in [3.63, 3.8) is 0 Å². The lowest BCUT2D eigenvalue weighted by Gasteiger charge is -2.48. The van der Waals surface area contributed by atoms with Crippen LogP contribution in [0.1, 0.15) is 20.8 Å². The van der Waals surface area contributed by atoms with Crippen LogP contribution in [0.3, 0.4) is 0 Å². The van der Waals surface area contributed by atoms with Gasteiger partial charge in [0, 0.05) is 4.75 Å². The third kappa shape index (κ3) is 1.66. The van der Waals surface area contributed by atoms with Crippen molar-refractivity contribution >= 4 is 29.6 Å². The number of carbonyl (C=O) groups excluding carboxylic acids is 2. The fraction of sp³-hybridized carbons (Fsp3) is 0.727. The largest absolute Gasteiger partial charge is 0.480 e. The normalized spacial score (nSPS) is 35.6. The molecule has 2 aliphatic heterocycles. The molecule has 8 heteroatoms. The molecule has 2 rings (SSSR count). The number of nitrogens with zero attached hydrogens (tertiary/aromatic N) is 1. The highest BCUT2D eigenvalue weighted by Crippen LogP contribution is 2.54. The fourth-order valence-corrected chi connectivity index (χ4v) is 4.16. The number of rotatable bonds is 3. The van der Waals surface area contributed by atoms with Gasteiger partial charge in [0.2, 0.25) is 5.54 Å². The minimum absolute atomic E-state index is 0.119. The Balaban J connectivity index is 2.33. The highest BCUT2D eigenvalue weighted by molar-refractivity contribution is 8.01. The molecule has 106 valence electrons. The van der Waals surface area contributed by atoms with Crippen LogP contribution in [0, 0.1) is 0 Å². The quantitative estimate of drug-likeness (QED) is 0.405. The van der Waals surface area contributed by atoms with Crippen LogP contribution in [0.25, 0.3) is 0 Å². The summed E-state index contributed by atoms with van der Waals surface area (Å²) in [4.78, 5) is 36.4. The summed E-state index contributed by atoms with van der Waals surface area (Å²) in [6.07, 6.45) is 0. The summed E-state index contributed by atoms with van der Waals surface area (Å²) in [5.74, 6) is -2.57. The van der Waals surface area contributed by atoms with Gasteiger partial charge < -0.3 is 20.5 Å². The maximum atomic E-state index is 12.1. The number of thioether (sulfide) groups is 1. The molecule has 0 saturated carbocycles. The molecule has 0 aliphatic carbocycles. The van der Waals surface area contributed by atoms with Gasteiger partial charge in [-0.15, -0.1) is 11.8 Å². The average molecular weight is 288 g/mol. The van der Waals surface area contributed by atoms with Crippen molar-refractivity contribution in [1.29, 1.82) is 0 Å². The Kier molecular flexibility index (Phi) is 3.06. The van der Waals surface area contributed by atoms with Gasteiger partial charge in [-0.3, -0.25) is 4.79 Å². The Morgan fingerprint density at radius 3 is 2.58 bits per heavy atom. The second-order valence-electron chi connectivity index (χ2n) is 5.12. The first-order valence-electron chi connectivity index (χ1n) is 5.87. The van der Waals surface area contributed by atoms with Crippen LogP contribution in [-0.4, -0.2) is 56.2 Å². The number of esters is 1. The number of hydrogen-bond acceptors (Lipinski definition) is 6. The van der Waals surface area contributed by atoms with E-state index < -0.39 is 39.5 Å². The van der Waals surface area contributed by atoms with Crippen molar-refractivity contribution in [3.8, 4) is 0 Å². The van der Waals surface area contributed by atoms with Gasteiger partial charge >= 0.3 is 11.9 Å². The van der Waals surface area contributed by atoms with Crippen molar-refractivity contribution in [3.05, 3.63) is 0 Å². The number of fused-ring (bicyclic) bond motifs is 1. The van der Waals surface area contributed by atoms with E-state index in [0.717, 1.165) is 0 Å². The molecular weight excluding hydrogens is 272 g/mol. The summed E-state index contributed by atoms with van der Waals surface area (Å²) >= 11 is 1.22. The molecule has 0 bridgehead atoms. The van der Waals surface area contributed by atoms with Gasteiger partial charge in [-0.2, -0.15) is 0 Å². The van der Waals surface area contributed by atoms with E-state index in [2.05, 4.69) is 0 Å². The second kappa shape index (κ2) is 4.11. The zero-order valence-electron chi connectivity index (χ0n) is 10.9. The van der Waals surface area contributed by atoms with Gasteiger partial charge in [0.15, 0.2) is 0 Å². The van der Waals surface area contributed by atoms with E-state index in [-0.39, 0.29) is 6.61 Å². The molecule has 19 heavy (non-hydrogen) atoms. The molecule has 1 amide bonds. The zero-order valence-corrected chi connectivity index (χ0v) is 11.7. The summed E-state index contributed by atoms with van der Waals surface area (Å²) in [5.41, 5.74) is 4.10. The molecule has 0 aromatic heterocycles. The lowest BCUT2D eigenvalue weighted by Crippen LogP contribution is -2.81. The van der Waals surface area contributed by atoms with Crippen molar-refractivity contribution in [1.82, 2.24) is 4.90 Å². The summed E-state index contributed by atoms with van der Waals surface area (Å²) in [6, 6.07) is -0.985. The SMILES string of the molecule is CCOC(=O)C1(N)C(=O)N2[C@@H](C(=O)O)C(C)(C)S[C@@H]21. The van der Waals surface area contributed by atoms with Gasteiger partial charge in [0.25, 0.3) is 5.91 Å². The van der Waals surface area contributed by atoms with Crippen LogP contribution in [0.15, 0.2) is 0 Å². The molecule has 2 heterocycles. The van der Waals surface area contributed by atoms with Crippen molar-refractivity contribution in [2.24, 2.45) is 5.73 Å². The smallest absolute Gasteiger partial charge is 0.339 e. The predicted molar refractivity (Wildman–Crippen MR) is 67.3 cm³/mol. The Bertz CT molecular complexity index is 466. The average Bonchev–Trinajstić information content (AvgIpc) is 2.58. The summed E-state index contributed by atoms with van der Waals surface area (Å²) < 4.78 is 4.11. The first-order valence-corrected chi connectivity index (χ1v) is 6.75. The molecule has 3 N–H and O–H groups in total. The Morgan fingerprint density at radius 2 is 2.11 bits per heavy atom. The minimum Gasteiger partial charge on any atom is -0.480 e. The Labute approximate surface area is 114 Å².